The third-order valence-corrected chi connectivity index (χ3v) is 3.36. The largest absolute Gasteiger partial charge is 0.288 e. The van der Waals surface area contributed by atoms with Gasteiger partial charge < -0.3 is 0 Å². The number of nitrogens with one attached hydrogen (secondary N) is 2. The Balaban J connectivity index is 2.69. The van der Waals surface area contributed by atoms with Crippen molar-refractivity contribution in [3.05, 3.63) is 53.5 Å². The Hall–Kier alpha value is -2.76. The highest BCUT2D eigenvalue weighted by atomic mass is 16.2. The molecule has 0 fully saturated rings. The van der Waals surface area contributed by atoms with Crippen molar-refractivity contribution in [3.63, 3.8) is 0 Å². The van der Waals surface area contributed by atoms with Gasteiger partial charge in [0.1, 0.15) is 0 Å². The molecule has 86 valence electrons. The van der Waals surface area contributed by atoms with E-state index in [-0.39, 0.29) is 21.5 Å². The van der Waals surface area contributed by atoms with Gasteiger partial charge in [-0.25, -0.2) is 0 Å². The summed E-state index contributed by atoms with van der Waals surface area (Å²) in [7, 11) is 0. The van der Waals surface area contributed by atoms with Gasteiger partial charge in [-0.05, 0) is 0 Å². The molecule has 2 bridgehead atoms. The summed E-state index contributed by atoms with van der Waals surface area (Å²) in [6, 6.07) is 3.17. The average molecular weight is 240 g/mol. The lowest BCUT2D eigenvalue weighted by molar-refractivity contribution is 1.26. The highest BCUT2D eigenvalue weighted by Gasteiger charge is 2.21. The molecule has 0 aliphatic carbocycles. The lowest BCUT2D eigenvalue weighted by Crippen LogP contribution is -2.07. The molecular formula is C12H4N2O4. The summed E-state index contributed by atoms with van der Waals surface area (Å²) in [5.74, 6) is 0. The Morgan fingerprint density at radius 2 is 0.833 bits per heavy atom. The van der Waals surface area contributed by atoms with Crippen molar-refractivity contribution in [3.8, 4) is 0 Å². The Morgan fingerprint density at radius 3 is 1.11 bits per heavy atom. The Labute approximate surface area is 96.5 Å². The van der Waals surface area contributed by atoms with Gasteiger partial charge in [0, 0.05) is 10.8 Å². The molecule has 6 nitrogen and oxygen atoms in total. The molecule has 0 unspecified atom stereocenters. The molecular weight excluding hydrogens is 236 g/mol. The van der Waals surface area contributed by atoms with E-state index in [2.05, 4.69) is 9.97 Å². The van der Waals surface area contributed by atoms with Crippen LogP contribution >= 0.6 is 0 Å². The summed E-state index contributed by atoms with van der Waals surface area (Å²) in [5.41, 5.74) is -2.09. The maximum Gasteiger partial charge on any atom is 0.259 e. The lowest BCUT2D eigenvalue weighted by Gasteiger charge is -2.02. The van der Waals surface area contributed by atoms with E-state index in [4.69, 9.17) is 0 Å². The summed E-state index contributed by atoms with van der Waals surface area (Å²) in [6.07, 6.45) is 0. The fourth-order valence-corrected chi connectivity index (χ4v) is 2.69. The Bertz CT molecular complexity index is 969. The monoisotopic (exact) mass is 240 g/mol. The first-order valence-electron chi connectivity index (χ1n) is 5.23. The molecule has 5 aromatic rings. The van der Waals surface area contributed by atoms with E-state index in [0.29, 0.717) is 10.8 Å². The van der Waals surface area contributed by atoms with Crippen LogP contribution in [-0.2, 0) is 0 Å². The van der Waals surface area contributed by atoms with E-state index < -0.39 is 22.2 Å². The molecule has 5 rings (SSSR count). The molecule has 2 heterocycles. The Kier molecular flexibility index (Phi) is 1.32. The van der Waals surface area contributed by atoms with Crippen molar-refractivity contribution in [1.82, 2.24) is 9.97 Å². The number of fused-ring (bicyclic) bond motifs is 1. The van der Waals surface area contributed by atoms with E-state index >= 15 is 0 Å². The minimum atomic E-state index is -0.523. The van der Waals surface area contributed by atoms with Gasteiger partial charge in [0.25, 0.3) is 22.2 Å². The third kappa shape index (κ3) is 0.786. The van der Waals surface area contributed by atoms with Crippen LogP contribution in [0.3, 0.4) is 0 Å². The van der Waals surface area contributed by atoms with Crippen LogP contribution in [0.2, 0.25) is 0 Å². The topological polar surface area (TPSA) is 99.9 Å². The standard InChI is InChI=1S/C12H4N2O4/c15-9-5-3-1-2-4(7(5)11(17)13-9)8-6(3)10(16)14-12(8)18/h1-2H,(H,13,15,17)(H,14,16,18). The normalized spacial score (nSPS) is 12.2. The predicted octanol–water partition coefficient (Wildman–Crippen LogP) is -0.443. The first-order chi connectivity index (χ1) is 8.59. The van der Waals surface area contributed by atoms with E-state index in [1.807, 2.05) is 0 Å². The van der Waals surface area contributed by atoms with Crippen molar-refractivity contribution in [2.75, 3.05) is 0 Å². The number of aromatic amines is 2. The maximum atomic E-state index is 11.7. The van der Waals surface area contributed by atoms with Crippen molar-refractivity contribution in [1.29, 1.82) is 0 Å². The second-order valence-corrected chi connectivity index (χ2v) is 4.23. The number of hydrogen-bond acceptors (Lipinski definition) is 4. The van der Waals surface area contributed by atoms with Gasteiger partial charge in [-0.2, -0.15) is 0 Å². The molecule has 2 N–H and O–H groups in total. The molecule has 0 amide bonds. The zero-order valence-electron chi connectivity index (χ0n) is 8.79. The summed E-state index contributed by atoms with van der Waals surface area (Å²) in [6.45, 7) is 0. The number of rotatable bonds is 0. The second kappa shape index (κ2) is 2.56. The third-order valence-electron chi connectivity index (χ3n) is 3.36. The van der Waals surface area contributed by atoms with Crippen molar-refractivity contribution in [2.24, 2.45) is 0 Å². The highest BCUT2D eigenvalue weighted by molar-refractivity contribution is 6.26. The second-order valence-electron chi connectivity index (χ2n) is 4.23. The van der Waals surface area contributed by atoms with Crippen LogP contribution in [-0.4, -0.2) is 9.97 Å². The molecule has 0 atom stereocenters. The van der Waals surface area contributed by atoms with Crippen LogP contribution in [0.25, 0.3) is 32.3 Å². The number of benzene rings is 3. The molecule has 0 spiro atoms. The summed E-state index contributed by atoms with van der Waals surface area (Å²) in [4.78, 5) is 51.1. The van der Waals surface area contributed by atoms with Crippen LogP contribution in [0, 0.1) is 0 Å². The van der Waals surface area contributed by atoms with Crippen molar-refractivity contribution >= 4 is 32.3 Å². The predicted molar refractivity (Wildman–Crippen MR) is 66.3 cm³/mol. The summed E-state index contributed by atoms with van der Waals surface area (Å²) < 4.78 is 0. The molecule has 0 aliphatic heterocycles. The zero-order chi connectivity index (χ0) is 12.6. The van der Waals surface area contributed by atoms with E-state index in [0.717, 1.165) is 0 Å². The van der Waals surface area contributed by atoms with E-state index in [9.17, 15) is 19.2 Å². The van der Waals surface area contributed by atoms with Gasteiger partial charge >= 0.3 is 0 Å². The molecule has 0 radical (unpaired) electrons. The molecule has 6 heteroatoms. The van der Waals surface area contributed by atoms with Crippen molar-refractivity contribution in [2.45, 2.75) is 0 Å². The first kappa shape index (κ1) is 9.29. The number of aromatic nitrogens is 2. The van der Waals surface area contributed by atoms with Crippen molar-refractivity contribution < 1.29 is 0 Å². The van der Waals surface area contributed by atoms with Crippen LogP contribution in [0.4, 0.5) is 0 Å². The molecule has 0 saturated carbocycles. The quantitative estimate of drug-likeness (QED) is 0.435. The number of hydrogen-bond donors (Lipinski definition) is 2. The first-order valence-corrected chi connectivity index (χ1v) is 5.23. The summed E-state index contributed by atoms with van der Waals surface area (Å²) >= 11 is 0. The molecule has 2 aromatic heterocycles. The van der Waals surface area contributed by atoms with Gasteiger partial charge in [-0.3, -0.25) is 29.1 Å². The van der Waals surface area contributed by atoms with Crippen LogP contribution in [0.5, 0.6) is 0 Å². The minimum Gasteiger partial charge on any atom is -0.288 e. The fourth-order valence-electron chi connectivity index (χ4n) is 2.69. The van der Waals surface area contributed by atoms with Gasteiger partial charge in [-0.15, -0.1) is 0 Å². The SMILES string of the molecule is O=c1[nH]c(=O)c2c3ccc(c12)c1c(=O)[nH]c(=O)c31. The van der Waals surface area contributed by atoms with Crippen LogP contribution in [0.1, 0.15) is 0 Å². The van der Waals surface area contributed by atoms with E-state index in [1.165, 1.54) is 0 Å². The zero-order valence-corrected chi connectivity index (χ0v) is 8.79. The van der Waals surface area contributed by atoms with Crippen LogP contribution < -0.4 is 22.2 Å². The Morgan fingerprint density at radius 1 is 0.556 bits per heavy atom. The molecule has 0 aliphatic rings. The van der Waals surface area contributed by atoms with E-state index in [1.54, 1.807) is 12.1 Å². The van der Waals surface area contributed by atoms with Gasteiger partial charge in [0.15, 0.2) is 0 Å². The molecule has 3 aromatic carbocycles. The van der Waals surface area contributed by atoms with Crippen LogP contribution in [0.15, 0.2) is 31.3 Å². The van der Waals surface area contributed by atoms with Gasteiger partial charge in [0.05, 0.1) is 21.5 Å². The number of H-pyrrole nitrogens is 2. The summed E-state index contributed by atoms with van der Waals surface area (Å²) in [5, 5.41) is 1.48. The maximum absolute atomic E-state index is 11.7. The lowest BCUT2D eigenvalue weighted by atomic mass is 9.97. The fraction of sp³-hybridized carbons (Fsp3) is 0. The minimum absolute atomic E-state index is 0.195. The van der Waals surface area contributed by atoms with Gasteiger partial charge in [-0.1, -0.05) is 12.1 Å². The molecule has 18 heavy (non-hydrogen) atoms. The average Bonchev–Trinajstić information content (AvgIpc) is 2.81. The molecule has 0 saturated heterocycles. The van der Waals surface area contributed by atoms with Gasteiger partial charge in [0.2, 0.25) is 0 Å². The highest BCUT2D eigenvalue weighted by Crippen LogP contribution is 2.30. The smallest absolute Gasteiger partial charge is 0.259 e.